The van der Waals surface area contributed by atoms with Gasteiger partial charge in [-0.05, 0) is 38.1 Å². The zero-order valence-corrected chi connectivity index (χ0v) is 12.5. The van der Waals surface area contributed by atoms with Gasteiger partial charge in [0.25, 0.3) is 11.8 Å². The maximum absolute atomic E-state index is 12.4. The molecule has 0 atom stereocenters. The molecule has 1 N–H and O–H groups in total. The molecule has 2 heterocycles. The summed E-state index contributed by atoms with van der Waals surface area (Å²) in [6, 6.07) is 6.85. The van der Waals surface area contributed by atoms with E-state index in [4.69, 9.17) is 0 Å². The van der Waals surface area contributed by atoms with Gasteiger partial charge in [0.2, 0.25) is 5.91 Å². The fraction of sp³-hybridized carbons (Fsp3) is 0.438. The Morgan fingerprint density at radius 2 is 1.73 bits per heavy atom. The SMILES string of the molecule is CN(C(=O)CN1C(=O)c2ccccc2C1=O)C1CCNCC1. The quantitative estimate of drug-likeness (QED) is 0.825. The number of imide groups is 1. The summed E-state index contributed by atoms with van der Waals surface area (Å²) in [6.45, 7) is 1.58. The number of hydrogen-bond acceptors (Lipinski definition) is 4. The van der Waals surface area contributed by atoms with Gasteiger partial charge >= 0.3 is 0 Å². The third-order valence-corrected chi connectivity index (χ3v) is 4.42. The fourth-order valence-corrected chi connectivity index (χ4v) is 3.03. The lowest BCUT2D eigenvalue weighted by Gasteiger charge is -2.32. The lowest BCUT2D eigenvalue weighted by atomic mass is 10.1. The molecule has 0 aliphatic carbocycles. The number of hydrogen-bond donors (Lipinski definition) is 1. The Bertz CT molecular complexity index is 588. The second-order valence-corrected chi connectivity index (χ2v) is 5.73. The van der Waals surface area contributed by atoms with Crippen LogP contribution in [0.15, 0.2) is 24.3 Å². The maximum atomic E-state index is 12.4. The van der Waals surface area contributed by atoms with Gasteiger partial charge in [-0.15, -0.1) is 0 Å². The largest absolute Gasteiger partial charge is 0.341 e. The van der Waals surface area contributed by atoms with Gasteiger partial charge in [0.05, 0.1) is 11.1 Å². The third-order valence-electron chi connectivity index (χ3n) is 4.42. The molecular weight excluding hydrogens is 282 g/mol. The number of likely N-dealkylation sites (N-methyl/N-ethyl adjacent to an activating group) is 1. The van der Waals surface area contributed by atoms with Crippen LogP contribution >= 0.6 is 0 Å². The Balaban J connectivity index is 1.70. The first kappa shape index (κ1) is 14.7. The minimum absolute atomic E-state index is 0.170. The zero-order valence-electron chi connectivity index (χ0n) is 12.5. The molecule has 0 unspecified atom stereocenters. The smallest absolute Gasteiger partial charge is 0.262 e. The van der Waals surface area contributed by atoms with Gasteiger partial charge in [-0.25, -0.2) is 0 Å². The maximum Gasteiger partial charge on any atom is 0.262 e. The van der Waals surface area contributed by atoms with E-state index in [0.717, 1.165) is 30.8 Å². The van der Waals surface area contributed by atoms with Crippen molar-refractivity contribution >= 4 is 17.7 Å². The van der Waals surface area contributed by atoms with Crippen LogP contribution in [0.1, 0.15) is 33.6 Å². The standard InChI is InChI=1S/C16H19N3O3/c1-18(11-6-8-17-9-7-11)14(20)10-19-15(21)12-4-2-3-5-13(12)16(19)22/h2-5,11,17H,6-10H2,1H3. The summed E-state index contributed by atoms with van der Waals surface area (Å²) in [4.78, 5) is 39.6. The number of fused-ring (bicyclic) bond motifs is 1. The lowest BCUT2D eigenvalue weighted by Crippen LogP contribution is -2.48. The van der Waals surface area contributed by atoms with Crippen LogP contribution < -0.4 is 5.32 Å². The summed E-state index contributed by atoms with van der Waals surface area (Å²) >= 11 is 0. The van der Waals surface area contributed by atoms with Crippen LogP contribution in [0.4, 0.5) is 0 Å². The van der Waals surface area contributed by atoms with E-state index >= 15 is 0 Å². The molecule has 1 fully saturated rings. The molecule has 6 heteroatoms. The summed E-state index contributed by atoms with van der Waals surface area (Å²) in [7, 11) is 1.75. The van der Waals surface area contributed by atoms with Crippen molar-refractivity contribution in [3.8, 4) is 0 Å². The molecule has 0 spiro atoms. The molecule has 0 aromatic heterocycles. The number of carbonyl (C=O) groups is 3. The van der Waals surface area contributed by atoms with Crippen LogP contribution in [0.3, 0.4) is 0 Å². The first-order valence-corrected chi connectivity index (χ1v) is 7.51. The highest BCUT2D eigenvalue weighted by Crippen LogP contribution is 2.22. The summed E-state index contributed by atoms with van der Waals surface area (Å²) < 4.78 is 0. The van der Waals surface area contributed by atoms with Crippen LogP contribution in [0.25, 0.3) is 0 Å². The molecule has 0 radical (unpaired) electrons. The first-order chi connectivity index (χ1) is 10.6. The van der Waals surface area contributed by atoms with Crippen molar-refractivity contribution in [3.05, 3.63) is 35.4 Å². The Hall–Kier alpha value is -2.21. The van der Waals surface area contributed by atoms with E-state index in [1.54, 1.807) is 36.2 Å². The molecule has 0 bridgehead atoms. The van der Waals surface area contributed by atoms with Crippen molar-refractivity contribution in [1.82, 2.24) is 15.1 Å². The third kappa shape index (κ3) is 2.50. The van der Waals surface area contributed by atoms with E-state index in [2.05, 4.69) is 5.32 Å². The van der Waals surface area contributed by atoms with Crippen molar-refractivity contribution in [2.45, 2.75) is 18.9 Å². The van der Waals surface area contributed by atoms with Gasteiger partial charge in [0.1, 0.15) is 6.54 Å². The lowest BCUT2D eigenvalue weighted by molar-refractivity contribution is -0.132. The van der Waals surface area contributed by atoms with Crippen LogP contribution in [0.2, 0.25) is 0 Å². The van der Waals surface area contributed by atoms with Crippen molar-refractivity contribution in [2.24, 2.45) is 0 Å². The summed E-state index contributed by atoms with van der Waals surface area (Å²) in [5, 5.41) is 3.25. The number of amides is 3. The molecule has 1 aromatic carbocycles. The van der Waals surface area contributed by atoms with E-state index in [9.17, 15) is 14.4 Å². The molecule has 3 amide bonds. The molecule has 2 aliphatic heterocycles. The highest BCUT2D eigenvalue weighted by atomic mass is 16.2. The zero-order chi connectivity index (χ0) is 15.7. The topological polar surface area (TPSA) is 69.7 Å². The minimum atomic E-state index is -0.382. The van der Waals surface area contributed by atoms with Gasteiger partial charge in [0, 0.05) is 13.1 Å². The van der Waals surface area contributed by atoms with E-state index < -0.39 is 0 Å². The molecule has 6 nitrogen and oxygen atoms in total. The molecule has 116 valence electrons. The molecule has 2 aliphatic rings. The predicted molar refractivity (Wildman–Crippen MR) is 80.5 cm³/mol. The second-order valence-electron chi connectivity index (χ2n) is 5.73. The number of rotatable bonds is 3. The highest BCUT2D eigenvalue weighted by Gasteiger charge is 2.37. The Labute approximate surface area is 129 Å². The highest BCUT2D eigenvalue weighted by molar-refractivity contribution is 6.22. The van der Waals surface area contributed by atoms with Crippen molar-refractivity contribution in [3.63, 3.8) is 0 Å². The van der Waals surface area contributed by atoms with Crippen LogP contribution in [0, 0.1) is 0 Å². The first-order valence-electron chi connectivity index (χ1n) is 7.51. The van der Waals surface area contributed by atoms with E-state index in [0.29, 0.717) is 11.1 Å². The monoisotopic (exact) mass is 301 g/mol. The van der Waals surface area contributed by atoms with E-state index in [-0.39, 0.29) is 30.3 Å². The van der Waals surface area contributed by atoms with Gasteiger partial charge < -0.3 is 10.2 Å². The summed E-state index contributed by atoms with van der Waals surface area (Å²) in [5.41, 5.74) is 0.759. The molecule has 1 aromatic rings. The average Bonchev–Trinajstić information content (AvgIpc) is 2.80. The van der Waals surface area contributed by atoms with E-state index in [1.807, 2.05) is 0 Å². The number of nitrogens with zero attached hydrogens (tertiary/aromatic N) is 2. The molecule has 0 saturated carbocycles. The normalized spacial score (nSPS) is 18.5. The fourth-order valence-electron chi connectivity index (χ4n) is 3.03. The number of nitrogens with one attached hydrogen (secondary N) is 1. The molecule has 3 rings (SSSR count). The molecule has 22 heavy (non-hydrogen) atoms. The Morgan fingerprint density at radius 1 is 1.18 bits per heavy atom. The second kappa shape index (κ2) is 5.88. The summed E-state index contributed by atoms with van der Waals surface area (Å²) in [5.74, 6) is -0.957. The minimum Gasteiger partial charge on any atom is -0.341 e. The van der Waals surface area contributed by atoms with Gasteiger partial charge in [0.15, 0.2) is 0 Å². The van der Waals surface area contributed by atoms with Crippen molar-refractivity contribution in [1.29, 1.82) is 0 Å². The predicted octanol–water partition coefficient (Wildman–Crippen LogP) is 0.493. The number of benzene rings is 1. The van der Waals surface area contributed by atoms with Crippen molar-refractivity contribution < 1.29 is 14.4 Å². The van der Waals surface area contributed by atoms with Gasteiger partial charge in [-0.2, -0.15) is 0 Å². The van der Waals surface area contributed by atoms with E-state index in [1.165, 1.54) is 0 Å². The van der Waals surface area contributed by atoms with Crippen LogP contribution in [0.5, 0.6) is 0 Å². The number of carbonyl (C=O) groups excluding carboxylic acids is 3. The van der Waals surface area contributed by atoms with Crippen molar-refractivity contribution in [2.75, 3.05) is 26.7 Å². The van der Waals surface area contributed by atoms with Crippen LogP contribution in [-0.2, 0) is 4.79 Å². The molecular formula is C16H19N3O3. The summed E-state index contributed by atoms with van der Waals surface area (Å²) in [6.07, 6.45) is 1.79. The Morgan fingerprint density at radius 3 is 2.27 bits per heavy atom. The van der Waals surface area contributed by atoms with Gasteiger partial charge in [-0.1, -0.05) is 12.1 Å². The molecule has 1 saturated heterocycles. The average molecular weight is 301 g/mol. The van der Waals surface area contributed by atoms with Crippen LogP contribution in [-0.4, -0.2) is 60.2 Å². The number of piperidine rings is 1. The Kier molecular flexibility index (Phi) is 3.94. The van der Waals surface area contributed by atoms with Gasteiger partial charge in [-0.3, -0.25) is 19.3 Å².